The summed E-state index contributed by atoms with van der Waals surface area (Å²) in [5.41, 5.74) is 3.26. The molecule has 4 heteroatoms. The molecule has 3 aromatic rings. The van der Waals surface area contributed by atoms with Gasteiger partial charge in [0.25, 0.3) is 0 Å². The summed E-state index contributed by atoms with van der Waals surface area (Å²) in [7, 11) is -3.17. The standard InChI is InChI=1S/C23H21NO2S/c25-27(26)17-16-22(18-27)24(21-14-8-3-9-15-21)23(19-10-4-1-5-11-19)20-12-6-2-7-13-20/h1-17,22-23H,18H2/t22-/m1/s1. The van der Waals surface area contributed by atoms with Crippen LogP contribution in [0.25, 0.3) is 0 Å². The second kappa shape index (κ2) is 7.41. The molecular formula is C23H21NO2S. The molecule has 0 unspecified atom stereocenters. The first-order valence-electron chi connectivity index (χ1n) is 8.98. The van der Waals surface area contributed by atoms with E-state index in [0.717, 1.165) is 16.8 Å². The van der Waals surface area contributed by atoms with Crippen molar-refractivity contribution in [2.45, 2.75) is 12.1 Å². The molecule has 3 aromatic carbocycles. The minimum absolute atomic E-state index is 0.0854. The van der Waals surface area contributed by atoms with E-state index >= 15 is 0 Å². The molecule has 1 aliphatic heterocycles. The average Bonchev–Trinajstić information content (AvgIpc) is 3.07. The quantitative estimate of drug-likeness (QED) is 0.654. The Bertz CT molecular complexity index is 976. The van der Waals surface area contributed by atoms with Gasteiger partial charge in [-0.25, -0.2) is 8.42 Å². The number of hydrogen-bond donors (Lipinski definition) is 0. The van der Waals surface area contributed by atoms with Crippen molar-refractivity contribution in [1.29, 1.82) is 0 Å². The van der Waals surface area contributed by atoms with Crippen LogP contribution in [0.3, 0.4) is 0 Å². The number of nitrogens with zero attached hydrogens (tertiary/aromatic N) is 1. The summed E-state index contributed by atoms with van der Waals surface area (Å²) in [4.78, 5) is 2.21. The molecule has 27 heavy (non-hydrogen) atoms. The molecule has 0 aromatic heterocycles. The normalized spacial score (nSPS) is 17.9. The second-order valence-corrected chi connectivity index (χ2v) is 8.62. The van der Waals surface area contributed by atoms with Gasteiger partial charge < -0.3 is 4.90 Å². The molecule has 0 aliphatic carbocycles. The largest absolute Gasteiger partial charge is 0.353 e. The van der Waals surface area contributed by atoms with Gasteiger partial charge in [0.2, 0.25) is 0 Å². The molecule has 136 valence electrons. The molecule has 0 fully saturated rings. The van der Waals surface area contributed by atoms with Gasteiger partial charge in [0, 0.05) is 11.1 Å². The van der Waals surface area contributed by atoms with E-state index in [9.17, 15) is 8.42 Å². The zero-order valence-corrected chi connectivity index (χ0v) is 15.7. The van der Waals surface area contributed by atoms with E-state index in [2.05, 4.69) is 29.2 Å². The predicted molar refractivity (Wildman–Crippen MR) is 110 cm³/mol. The van der Waals surface area contributed by atoms with Crippen LogP contribution in [-0.2, 0) is 9.84 Å². The van der Waals surface area contributed by atoms with Crippen LogP contribution in [0.15, 0.2) is 102 Å². The molecule has 4 rings (SSSR count). The van der Waals surface area contributed by atoms with E-state index in [1.165, 1.54) is 5.41 Å². The number of sulfone groups is 1. The number of para-hydroxylation sites is 1. The fourth-order valence-electron chi connectivity index (χ4n) is 3.65. The Kier molecular flexibility index (Phi) is 4.82. The highest BCUT2D eigenvalue weighted by Crippen LogP contribution is 2.36. The lowest BCUT2D eigenvalue weighted by Crippen LogP contribution is -2.40. The molecule has 0 bridgehead atoms. The monoisotopic (exact) mass is 375 g/mol. The fourth-order valence-corrected chi connectivity index (χ4v) is 4.93. The number of hydrogen-bond acceptors (Lipinski definition) is 3. The maximum atomic E-state index is 12.2. The van der Waals surface area contributed by atoms with Crippen LogP contribution in [0, 0.1) is 0 Å². The van der Waals surface area contributed by atoms with Gasteiger partial charge in [-0.2, -0.15) is 0 Å². The van der Waals surface area contributed by atoms with Crippen LogP contribution >= 0.6 is 0 Å². The third-order valence-electron chi connectivity index (χ3n) is 4.83. The van der Waals surface area contributed by atoms with E-state index in [4.69, 9.17) is 0 Å². The molecule has 3 nitrogen and oxygen atoms in total. The fraction of sp³-hybridized carbons (Fsp3) is 0.130. The molecule has 0 saturated carbocycles. The lowest BCUT2D eigenvalue weighted by atomic mass is 9.95. The Morgan fingerprint density at radius 3 is 1.67 bits per heavy atom. The van der Waals surface area contributed by atoms with Crippen LogP contribution in [0.4, 0.5) is 5.69 Å². The zero-order valence-electron chi connectivity index (χ0n) is 14.8. The van der Waals surface area contributed by atoms with E-state index in [-0.39, 0.29) is 17.8 Å². The predicted octanol–water partition coefficient (Wildman–Crippen LogP) is 4.59. The smallest absolute Gasteiger partial charge is 0.173 e. The topological polar surface area (TPSA) is 37.4 Å². The lowest BCUT2D eigenvalue weighted by Gasteiger charge is -2.38. The Hall–Kier alpha value is -2.85. The second-order valence-electron chi connectivity index (χ2n) is 6.69. The maximum absolute atomic E-state index is 12.2. The summed E-state index contributed by atoms with van der Waals surface area (Å²) in [5, 5.41) is 1.35. The van der Waals surface area contributed by atoms with Gasteiger partial charge in [-0.1, -0.05) is 78.9 Å². The van der Waals surface area contributed by atoms with E-state index in [0.29, 0.717) is 0 Å². The number of anilines is 1. The van der Waals surface area contributed by atoms with E-state index in [1.807, 2.05) is 66.7 Å². The summed E-state index contributed by atoms with van der Waals surface area (Å²) < 4.78 is 24.3. The highest BCUT2D eigenvalue weighted by Gasteiger charge is 2.33. The van der Waals surface area contributed by atoms with Gasteiger partial charge in [-0.15, -0.1) is 0 Å². The van der Waals surface area contributed by atoms with Crippen molar-refractivity contribution >= 4 is 15.5 Å². The Morgan fingerprint density at radius 1 is 0.741 bits per heavy atom. The Balaban J connectivity index is 1.88. The molecular weight excluding hydrogens is 354 g/mol. The number of rotatable bonds is 5. The summed E-state index contributed by atoms with van der Waals surface area (Å²) in [5.74, 6) is 0.0953. The van der Waals surface area contributed by atoms with Crippen LogP contribution < -0.4 is 4.90 Å². The lowest BCUT2D eigenvalue weighted by molar-refractivity contribution is 0.597. The molecule has 0 spiro atoms. The molecule has 0 radical (unpaired) electrons. The van der Waals surface area contributed by atoms with Gasteiger partial charge in [0.05, 0.1) is 17.8 Å². The summed E-state index contributed by atoms with van der Waals surface area (Å²) in [6.45, 7) is 0. The third kappa shape index (κ3) is 3.81. The minimum atomic E-state index is -3.17. The Morgan fingerprint density at radius 2 is 1.22 bits per heavy atom. The van der Waals surface area contributed by atoms with Crippen molar-refractivity contribution in [2.24, 2.45) is 0 Å². The zero-order chi connectivity index (χ0) is 18.7. The van der Waals surface area contributed by atoms with Crippen LogP contribution in [0.2, 0.25) is 0 Å². The van der Waals surface area contributed by atoms with Gasteiger partial charge >= 0.3 is 0 Å². The molecule has 0 saturated heterocycles. The van der Waals surface area contributed by atoms with Crippen LogP contribution in [0.1, 0.15) is 17.2 Å². The van der Waals surface area contributed by atoms with Crippen molar-refractivity contribution in [3.05, 3.63) is 114 Å². The van der Waals surface area contributed by atoms with Crippen molar-refractivity contribution in [2.75, 3.05) is 10.7 Å². The molecule has 1 aliphatic rings. The number of benzene rings is 3. The first-order valence-corrected chi connectivity index (χ1v) is 10.7. The third-order valence-corrected chi connectivity index (χ3v) is 6.21. The van der Waals surface area contributed by atoms with E-state index < -0.39 is 9.84 Å². The Labute approximate surface area is 160 Å². The maximum Gasteiger partial charge on any atom is 0.173 e. The molecule has 0 N–H and O–H groups in total. The van der Waals surface area contributed by atoms with Gasteiger partial charge in [0.1, 0.15) is 0 Å². The summed E-state index contributed by atoms with van der Waals surface area (Å²) in [6.07, 6.45) is 1.81. The van der Waals surface area contributed by atoms with Crippen molar-refractivity contribution in [3.63, 3.8) is 0 Å². The van der Waals surface area contributed by atoms with Gasteiger partial charge in [0.15, 0.2) is 9.84 Å². The molecule has 1 atom stereocenters. The minimum Gasteiger partial charge on any atom is -0.353 e. The SMILES string of the molecule is O=S1(=O)C=C[C@@H](N(c2ccccc2)C(c2ccccc2)c2ccccc2)C1. The van der Waals surface area contributed by atoms with Crippen LogP contribution in [0.5, 0.6) is 0 Å². The van der Waals surface area contributed by atoms with Gasteiger partial charge in [-0.3, -0.25) is 0 Å². The molecule has 1 heterocycles. The summed E-state index contributed by atoms with van der Waals surface area (Å²) >= 11 is 0. The van der Waals surface area contributed by atoms with Crippen molar-refractivity contribution < 1.29 is 8.42 Å². The van der Waals surface area contributed by atoms with Crippen LogP contribution in [-0.4, -0.2) is 20.2 Å². The summed E-state index contributed by atoms with van der Waals surface area (Å²) in [6, 6.07) is 30.2. The first kappa shape index (κ1) is 17.6. The van der Waals surface area contributed by atoms with E-state index in [1.54, 1.807) is 6.08 Å². The first-order chi connectivity index (χ1) is 13.1. The van der Waals surface area contributed by atoms with Gasteiger partial charge in [-0.05, 0) is 29.3 Å². The average molecular weight is 375 g/mol. The highest BCUT2D eigenvalue weighted by molar-refractivity contribution is 7.94. The highest BCUT2D eigenvalue weighted by atomic mass is 32.2. The van der Waals surface area contributed by atoms with Crippen molar-refractivity contribution in [1.82, 2.24) is 0 Å². The van der Waals surface area contributed by atoms with Crippen molar-refractivity contribution in [3.8, 4) is 0 Å². The molecule has 0 amide bonds.